The summed E-state index contributed by atoms with van der Waals surface area (Å²) in [5, 5.41) is 3.57. The van der Waals surface area contributed by atoms with Crippen LogP contribution in [0.5, 0.6) is 0 Å². The van der Waals surface area contributed by atoms with Crippen LogP contribution in [0.4, 0.5) is 4.79 Å². The van der Waals surface area contributed by atoms with E-state index in [0.717, 1.165) is 17.5 Å². The van der Waals surface area contributed by atoms with Crippen LogP contribution in [0.25, 0.3) is 0 Å². The molecule has 2 aromatic rings. The number of hydrogen-bond acceptors (Lipinski definition) is 3. The highest BCUT2D eigenvalue weighted by molar-refractivity contribution is 6.30. The van der Waals surface area contributed by atoms with Gasteiger partial charge in [-0.2, -0.15) is 0 Å². The van der Waals surface area contributed by atoms with Gasteiger partial charge < -0.3 is 15.0 Å². The van der Waals surface area contributed by atoms with Gasteiger partial charge in [-0.05, 0) is 35.7 Å². The molecule has 0 saturated heterocycles. The number of halogens is 1. The van der Waals surface area contributed by atoms with E-state index in [2.05, 4.69) is 10.3 Å². The second-order valence-corrected chi connectivity index (χ2v) is 5.87. The fourth-order valence-electron chi connectivity index (χ4n) is 2.48. The van der Waals surface area contributed by atoms with Gasteiger partial charge in [-0.15, -0.1) is 0 Å². The summed E-state index contributed by atoms with van der Waals surface area (Å²) in [4.78, 5) is 18.3. The Kier molecular flexibility index (Phi) is 7.03. The molecule has 1 unspecified atom stereocenters. The molecule has 0 fully saturated rings. The van der Waals surface area contributed by atoms with E-state index in [-0.39, 0.29) is 12.1 Å². The summed E-state index contributed by atoms with van der Waals surface area (Å²) in [5.74, 6) is 0. The number of rotatable bonds is 7. The smallest absolute Gasteiger partial charge is 0.317 e. The number of nitrogens with one attached hydrogen (secondary N) is 1. The van der Waals surface area contributed by atoms with Gasteiger partial charge in [0.15, 0.2) is 0 Å². The number of amides is 2. The van der Waals surface area contributed by atoms with Crippen molar-refractivity contribution in [3.63, 3.8) is 0 Å². The van der Waals surface area contributed by atoms with Crippen LogP contribution in [0.15, 0.2) is 48.8 Å². The zero-order valence-corrected chi connectivity index (χ0v) is 14.7. The average molecular weight is 348 g/mol. The first-order chi connectivity index (χ1) is 11.6. The summed E-state index contributed by atoms with van der Waals surface area (Å²) in [6, 6.07) is 10.9. The van der Waals surface area contributed by atoms with Gasteiger partial charge in [0, 0.05) is 44.7 Å². The van der Waals surface area contributed by atoms with Gasteiger partial charge in [-0.1, -0.05) is 29.8 Å². The molecule has 0 aliphatic rings. The standard InChI is InChI=1S/C18H22ClN3O2/c1-22(18(23)21-11-4-12-24-2)17(15-5-3-10-20-13-15)14-6-8-16(19)9-7-14/h3,5-10,13,17H,4,11-12H2,1-2H3,(H,21,23). The third-order valence-electron chi connectivity index (χ3n) is 3.70. The van der Waals surface area contributed by atoms with Crippen LogP contribution in [0.1, 0.15) is 23.6 Å². The van der Waals surface area contributed by atoms with E-state index < -0.39 is 0 Å². The highest BCUT2D eigenvalue weighted by Gasteiger charge is 2.23. The number of pyridine rings is 1. The van der Waals surface area contributed by atoms with Crippen molar-refractivity contribution in [2.24, 2.45) is 0 Å². The van der Waals surface area contributed by atoms with Gasteiger partial charge in [0.25, 0.3) is 0 Å². The average Bonchev–Trinajstić information content (AvgIpc) is 2.61. The maximum absolute atomic E-state index is 12.5. The SMILES string of the molecule is COCCCNC(=O)N(C)C(c1ccc(Cl)cc1)c1cccnc1. The molecule has 0 spiro atoms. The summed E-state index contributed by atoms with van der Waals surface area (Å²) in [6.07, 6.45) is 4.26. The predicted octanol–water partition coefficient (Wildman–Crippen LogP) is 3.50. The minimum atomic E-state index is -0.238. The number of ether oxygens (including phenoxy) is 1. The van der Waals surface area contributed by atoms with Crippen molar-refractivity contribution in [3.8, 4) is 0 Å². The van der Waals surface area contributed by atoms with E-state index in [4.69, 9.17) is 16.3 Å². The lowest BCUT2D eigenvalue weighted by molar-refractivity contribution is 0.185. The van der Waals surface area contributed by atoms with Crippen molar-refractivity contribution < 1.29 is 9.53 Å². The summed E-state index contributed by atoms with van der Waals surface area (Å²) in [7, 11) is 3.42. The molecule has 0 bridgehead atoms. The Morgan fingerprint density at radius 2 is 2.04 bits per heavy atom. The first-order valence-electron chi connectivity index (χ1n) is 7.78. The maximum atomic E-state index is 12.5. The molecule has 5 nitrogen and oxygen atoms in total. The number of urea groups is 1. The van der Waals surface area contributed by atoms with Crippen molar-refractivity contribution in [1.29, 1.82) is 0 Å². The highest BCUT2D eigenvalue weighted by Crippen LogP contribution is 2.28. The van der Waals surface area contributed by atoms with E-state index >= 15 is 0 Å². The van der Waals surface area contributed by atoms with Crippen LogP contribution in [-0.2, 0) is 4.74 Å². The van der Waals surface area contributed by atoms with Crippen LogP contribution < -0.4 is 5.32 Å². The van der Waals surface area contributed by atoms with Crippen LogP contribution in [0.3, 0.4) is 0 Å². The number of aromatic nitrogens is 1. The van der Waals surface area contributed by atoms with Gasteiger partial charge in [0.05, 0.1) is 6.04 Å². The Balaban J connectivity index is 2.19. The first kappa shape index (κ1) is 18.2. The molecule has 1 aromatic carbocycles. The third-order valence-corrected chi connectivity index (χ3v) is 3.95. The number of benzene rings is 1. The molecule has 0 aliphatic heterocycles. The maximum Gasteiger partial charge on any atom is 0.317 e. The minimum absolute atomic E-state index is 0.144. The lowest BCUT2D eigenvalue weighted by atomic mass is 9.99. The second kappa shape index (κ2) is 9.25. The Morgan fingerprint density at radius 1 is 1.29 bits per heavy atom. The molecule has 2 amide bonds. The normalized spacial score (nSPS) is 11.8. The number of carbonyl (C=O) groups is 1. The third kappa shape index (κ3) is 4.94. The lowest BCUT2D eigenvalue weighted by Crippen LogP contribution is -2.40. The summed E-state index contributed by atoms with van der Waals surface area (Å²) in [5.41, 5.74) is 1.91. The fourth-order valence-corrected chi connectivity index (χ4v) is 2.60. The van der Waals surface area contributed by atoms with Crippen molar-refractivity contribution in [2.45, 2.75) is 12.5 Å². The van der Waals surface area contributed by atoms with Crippen molar-refractivity contribution in [2.75, 3.05) is 27.3 Å². The Bertz CT molecular complexity index is 634. The zero-order chi connectivity index (χ0) is 17.4. The van der Waals surface area contributed by atoms with Crippen LogP contribution in [-0.4, -0.2) is 43.2 Å². The molecule has 2 rings (SSSR count). The Hall–Kier alpha value is -2.11. The van der Waals surface area contributed by atoms with Crippen molar-refractivity contribution in [3.05, 3.63) is 64.9 Å². The Labute approximate surface area is 147 Å². The zero-order valence-electron chi connectivity index (χ0n) is 13.9. The molecule has 1 heterocycles. The van der Waals surface area contributed by atoms with E-state index in [1.165, 1.54) is 0 Å². The van der Waals surface area contributed by atoms with E-state index in [1.807, 2.05) is 36.4 Å². The topological polar surface area (TPSA) is 54.5 Å². The molecule has 1 aromatic heterocycles. The summed E-state index contributed by atoms with van der Waals surface area (Å²) >= 11 is 5.99. The minimum Gasteiger partial charge on any atom is -0.385 e. The molecule has 0 aliphatic carbocycles. The summed E-state index contributed by atoms with van der Waals surface area (Å²) < 4.78 is 5.00. The molecular formula is C18H22ClN3O2. The molecule has 1 atom stereocenters. The van der Waals surface area contributed by atoms with Crippen LogP contribution in [0, 0.1) is 0 Å². The van der Waals surface area contributed by atoms with E-state index in [0.29, 0.717) is 18.2 Å². The van der Waals surface area contributed by atoms with Gasteiger partial charge in [0.1, 0.15) is 0 Å². The number of methoxy groups -OCH3 is 1. The summed E-state index contributed by atoms with van der Waals surface area (Å²) in [6.45, 7) is 1.19. The van der Waals surface area contributed by atoms with Crippen molar-refractivity contribution in [1.82, 2.24) is 15.2 Å². The lowest BCUT2D eigenvalue weighted by Gasteiger charge is -2.29. The van der Waals surface area contributed by atoms with E-state index in [9.17, 15) is 4.79 Å². The molecule has 128 valence electrons. The number of hydrogen-bond donors (Lipinski definition) is 1. The van der Waals surface area contributed by atoms with Crippen molar-refractivity contribution >= 4 is 17.6 Å². The number of nitrogens with zero attached hydrogens (tertiary/aromatic N) is 2. The monoisotopic (exact) mass is 347 g/mol. The van der Waals surface area contributed by atoms with Crippen LogP contribution in [0.2, 0.25) is 5.02 Å². The quantitative estimate of drug-likeness (QED) is 0.780. The molecule has 6 heteroatoms. The fraction of sp³-hybridized carbons (Fsp3) is 0.333. The molecular weight excluding hydrogens is 326 g/mol. The molecule has 0 radical (unpaired) electrons. The largest absolute Gasteiger partial charge is 0.385 e. The van der Waals surface area contributed by atoms with Crippen LogP contribution >= 0.6 is 11.6 Å². The van der Waals surface area contributed by atoms with E-state index in [1.54, 1.807) is 31.5 Å². The van der Waals surface area contributed by atoms with Gasteiger partial charge in [-0.25, -0.2) is 4.79 Å². The Morgan fingerprint density at radius 3 is 2.67 bits per heavy atom. The molecule has 24 heavy (non-hydrogen) atoms. The van der Waals surface area contributed by atoms with Gasteiger partial charge >= 0.3 is 6.03 Å². The molecule has 1 N–H and O–H groups in total. The number of carbonyl (C=O) groups excluding carboxylic acids is 1. The highest BCUT2D eigenvalue weighted by atomic mass is 35.5. The predicted molar refractivity (Wildman–Crippen MR) is 95.2 cm³/mol. The second-order valence-electron chi connectivity index (χ2n) is 5.43. The first-order valence-corrected chi connectivity index (χ1v) is 8.16. The van der Waals surface area contributed by atoms with Gasteiger partial charge in [-0.3, -0.25) is 4.98 Å². The molecule has 0 saturated carbocycles. The van der Waals surface area contributed by atoms with Gasteiger partial charge in [0.2, 0.25) is 0 Å².